The highest BCUT2D eigenvalue weighted by Gasteiger charge is 2.27. The quantitative estimate of drug-likeness (QED) is 0.613. The molecule has 8 nitrogen and oxygen atoms in total. The van der Waals surface area contributed by atoms with Crippen LogP contribution in [0.1, 0.15) is 50.0 Å². The molecular formula is C22H31N4O4+. The highest BCUT2D eigenvalue weighted by molar-refractivity contribution is 5.97. The number of carbonyl (C=O) groups is 2. The Labute approximate surface area is 177 Å². The molecule has 1 aliphatic rings. The fraction of sp³-hybridized carbons (Fsp3) is 0.500. The summed E-state index contributed by atoms with van der Waals surface area (Å²) in [7, 11) is 0. The van der Waals surface area contributed by atoms with Crippen LogP contribution >= 0.6 is 0 Å². The topological polar surface area (TPSA) is 89.1 Å². The zero-order valence-electron chi connectivity index (χ0n) is 17.9. The largest absolute Gasteiger partial charge is 0.482 e. The van der Waals surface area contributed by atoms with E-state index in [4.69, 9.17) is 9.15 Å². The van der Waals surface area contributed by atoms with Crippen molar-refractivity contribution in [2.45, 2.75) is 46.2 Å². The number of aromatic nitrogens is 1. The minimum absolute atomic E-state index is 0.0300. The number of quaternary nitrogens is 1. The number of oxazole rings is 1. The molecule has 0 spiro atoms. The normalized spacial score (nSPS) is 14.4. The molecule has 8 heteroatoms. The Bertz CT molecular complexity index is 862. The van der Waals surface area contributed by atoms with Crippen molar-refractivity contribution in [2.75, 3.05) is 31.1 Å². The van der Waals surface area contributed by atoms with E-state index in [9.17, 15) is 9.59 Å². The third-order valence-corrected chi connectivity index (χ3v) is 5.43. The molecule has 2 amide bonds. The van der Waals surface area contributed by atoms with Gasteiger partial charge in [0.1, 0.15) is 18.6 Å². The van der Waals surface area contributed by atoms with Crippen molar-refractivity contribution in [3.8, 4) is 5.75 Å². The van der Waals surface area contributed by atoms with E-state index in [2.05, 4.69) is 24.1 Å². The van der Waals surface area contributed by atoms with E-state index in [1.807, 2.05) is 31.2 Å². The molecule has 0 saturated heterocycles. The van der Waals surface area contributed by atoms with E-state index in [0.717, 1.165) is 32.5 Å². The first-order valence-corrected chi connectivity index (χ1v) is 10.6. The van der Waals surface area contributed by atoms with Crippen molar-refractivity contribution in [1.82, 2.24) is 10.3 Å². The zero-order valence-corrected chi connectivity index (χ0v) is 17.9. The second kappa shape index (κ2) is 10.2. The number of hydrogen-bond acceptors (Lipinski definition) is 5. The van der Waals surface area contributed by atoms with Crippen molar-refractivity contribution in [3.63, 3.8) is 0 Å². The number of ether oxygens (including phenoxy) is 1. The van der Waals surface area contributed by atoms with Crippen LogP contribution in [0.15, 0.2) is 34.9 Å². The zero-order chi connectivity index (χ0) is 21.5. The molecule has 0 unspecified atom stereocenters. The van der Waals surface area contributed by atoms with E-state index in [0.29, 0.717) is 17.3 Å². The van der Waals surface area contributed by atoms with Crippen LogP contribution in [0, 0.1) is 0 Å². The summed E-state index contributed by atoms with van der Waals surface area (Å²) in [6.45, 7) is 9.84. The lowest BCUT2D eigenvalue weighted by molar-refractivity contribution is -0.896. The number of rotatable bonds is 10. The van der Waals surface area contributed by atoms with Crippen LogP contribution in [0.4, 0.5) is 5.69 Å². The highest BCUT2D eigenvalue weighted by atomic mass is 16.5. The second-order valence-electron chi connectivity index (χ2n) is 7.59. The summed E-state index contributed by atoms with van der Waals surface area (Å²) in [6, 6.07) is 7.37. The summed E-state index contributed by atoms with van der Waals surface area (Å²) in [6.07, 6.45) is 3.31. The number of anilines is 1. The minimum Gasteiger partial charge on any atom is -0.482 e. The van der Waals surface area contributed by atoms with Gasteiger partial charge in [-0.2, -0.15) is 0 Å². The van der Waals surface area contributed by atoms with Gasteiger partial charge in [0.25, 0.3) is 11.8 Å². The van der Waals surface area contributed by atoms with Gasteiger partial charge >= 0.3 is 0 Å². The lowest BCUT2D eigenvalue weighted by Gasteiger charge is -2.28. The van der Waals surface area contributed by atoms with Crippen LogP contribution in [-0.4, -0.2) is 49.1 Å². The maximum atomic E-state index is 12.5. The second-order valence-corrected chi connectivity index (χ2v) is 7.59. The van der Waals surface area contributed by atoms with Crippen molar-refractivity contribution in [2.24, 2.45) is 0 Å². The van der Waals surface area contributed by atoms with Gasteiger partial charge in [0.15, 0.2) is 12.3 Å². The van der Waals surface area contributed by atoms with Gasteiger partial charge in [-0.25, -0.2) is 4.98 Å². The maximum Gasteiger partial charge on any atom is 0.273 e. The maximum absolute atomic E-state index is 12.5. The van der Waals surface area contributed by atoms with E-state index in [1.54, 1.807) is 9.80 Å². The number of amides is 2. The van der Waals surface area contributed by atoms with E-state index in [1.165, 1.54) is 6.26 Å². The Morgan fingerprint density at radius 1 is 1.30 bits per heavy atom. The van der Waals surface area contributed by atoms with Crippen LogP contribution in [-0.2, 0) is 11.3 Å². The van der Waals surface area contributed by atoms with Crippen LogP contribution in [0.2, 0.25) is 0 Å². The summed E-state index contributed by atoms with van der Waals surface area (Å²) >= 11 is 0. The molecule has 1 aromatic carbocycles. The number of nitrogens with one attached hydrogen (secondary N) is 2. The molecule has 0 saturated carbocycles. The van der Waals surface area contributed by atoms with Gasteiger partial charge in [0, 0.05) is 6.04 Å². The molecule has 162 valence electrons. The van der Waals surface area contributed by atoms with Crippen LogP contribution in [0.5, 0.6) is 5.75 Å². The number of para-hydroxylation sites is 2. The third-order valence-electron chi connectivity index (χ3n) is 5.43. The predicted molar refractivity (Wildman–Crippen MR) is 113 cm³/mol. The molecule has 0 aliphatic carbocycles. The number of benzene rings is 1. The first-order valence-electron chi connectivity index (χ1n) is 10.6. The summed E-state index contributed by atoms with van der Waals surface area (Å²) < 4.78 is 10.9. The summed E-state index contributed by atoms with van der Waals surface area (Å²) in [5.74, 6) is 0.508. The SMILES string of the molecule is CC[NH+](CC)CCC[C@@H](C)NC(=O)c1coc(CN2C(=O)COc3ccccc32)n1. The fourth-order valence-electron chi connectivity index (χ4n) is 3.58. The predicted octanol–water partition coefficient (Wildman–Crippen LogP) is 1.42. The molecular weight excluding hydrogens is 384 g/mol. The monoisotopic (exact) mass is 415 g/mol. The van der Waals surface area contributed by atoms with Crippen LogP contribution in [0.3, 0.4) is 0 Å². The Hall–Kier alpha value is -2.87. The molecule has 0 fully saturated rings. The number of hydrogen-bond donors (Lipinski definition) is 2. The fourth-order valence-corrected chi connectivity index (χ4v) is 3.58. The standard InChI is InChI=1S/C22H30N4O4/c1-4-25(5-2)12-8-9-16(3)23-22(28)17-14-30-20(24-17)13-26-18-10-6-7-11-19(18)29-15-21(26)27/h6-7,10-11,14,16H,4-5,8-9,12-13,15H2,1-3H3,(H,23,28)/p+1/t16-/m1/s1. The molecule has 1 aromatic heterocycles. The minimum atomic E-state index is -0.263. The Balaban J connectivity index is 1.55. The van der Waals surface area contributed by atoms with Gasteiger partial charge in [0.05, 0.1) is 25.3 Å². The molecule has 0 radical (unpaired) electrons. The number of nitrogens with zero attached hydrogens (tertiary/aromatic N) is 2. The summed E-state index contributed by atoms with van der Waals surface area (Å²) in [5.41, 5.74) is 0.891. The molecule has 2 N–H and O–H groups in total. The molecule has 2 heterocycles. The lowest BCUT2D eigenvalue weighted by atomic mass is 10.1. The highest BCUT2D eigenvalue weighted by Crippen LogP contribution is 2.32. The molecule has 2 aromatic rings. The lowest BCUT2D eigenvalue weighted by Crippen LogP contribution is -3.11. The number of carbonyl (C=O) groups excluding carboxylic acids is 2. The Kier molecular flexibility index (Phi) is 7.46. The Morgan fingerprint density at radius 2 is 2.07 bits per heavy atom. The van der Waals surface area contributed by atoms with Gasteiger partial charge in [-0.15, -0.1) is 0 Å². The summed E-state index contributed by atoms with van der Waals surface area (Å²) in [5, 5.41) is 2.98. The van der Waals surface area contributed by atoms with Gasteiger partial charge in [-0.1, -0.05) is 12.1 Å². The summed E-state index contributed by atoms with van der Waals surface area (Å²) in [4.78, 5) is 32.2. The van der Waals surface area contributed by atoms with E-state index >= 15 is 0 Å². The average Bonchev–Trinajstić information content (AvgIpc) is 3.22. The Morgan fingerprint density at radius 3 is 2.83 bits per heavy atom. The molecule has 1 aliphatic heterocycles. The van der Waals surface area contributed by atoms with Gasteiger partial charge in [-0.05, 0) is 45.7 Å². The van der Waals surface area contributed by atoms with E-state index in [-0.39, 0.29) is 36.7 Å². The van der Waals surface area contributed by atoms with Crippen LogP contribution < -0.4 is 19.9 Å². The van der Waals surface area contributed by atoms with Crippen LogP contribution in [0.25, 0.3) is 0 Å². The molecule has 0 bridgehead atoms. The van der Waals surface area contributed by atoms with Gasteiger partial charge < -0.3 is 19.4 Å². The number of fused-ring (bicyclic) bond motifs is 1. The smallest absolute Gasteiger partial charge is 0.273 e. The first-order chi connectivity index (χ1) is 14.5. The molecule has 3 rings (SSSR count). The van der Waals surface area contributed by atoms with E-state index < -0.39 is 0 Å². The van der Waals surface area contributed by atoms with Gasteiger partial charge in [-0.3, -0.25) is 14.5 Å². The third kappa shape index (κ3) is 5.38. The molecule has 1 atom stereocenters. The van der Waals surface area contributed by atoms with Crippen molar-refractivity contribution >= 4 is 17.5 Å². The van der Waals surface area contributed by atoms with Crippen molar-refractivity contribution in [1.29, 1.82) is 0 Å². The average molecular weight is 416 g/mol. The molecule has 30 heavy (non-hydrogen) atoms. The van der Waals surface area contributed by atoms with Crippen molar-refractivity contribution in [3.05, 3.63) is 42.1 Å². The first kappa shape index (κ1) is 21.8. The van der Waals surface area contributed by atoms with Crippen molar-refractivity contribution < 1.29 is 23.6 Å². The van der Waals surface area contributed by atoms with Gasteiger partial charge in [0.2, 0.25) is 5.89 Å².